The number of carbonyl (C=O) groups excluding carboxylic acids is 1. The molecule has 0 saturated carbocycles. The minimum absolute atomic E-state index is 0.0428. The highest BCUT2D eigenvalue weighted by Gasteiger charge is 2.30. The van der Waals surface area contributed by atoms with Crippen molar-refractivity contribution in [2.45, 2.75) is 32.6 Å². The summed E-state index contributed by atoms with van der Waals surface area (Å²) in [5.74, 6) is 0.385. The van der Waals surface area contributed by atoms with Gasteiger partial charge in [0, 0.05) is 30.3 Å². The fourth-order valence-corrected chi connectivity index (χ4v) is 3.81. The van der Waals surface area contributed by atoms with Crippen molar-refractivity contribution in [3.05, 3.63) is 59.0 Å². The fraction of sp³-hybridized carbons (Fsp3) is 0.350. The van der Waals surface area contributed by atoms with Gasteiger partial charge in [-0.15, -0.1) is 0 Å². The van der Waals surface area contributed by atoms with Gasteiger partial charge in [-0.1, -0.05) is 17.3 Å². The number of likely N-dealkylation sites (tertiary alicyclic amines) is 1. The average molecular weight is 368 g/mol. The summed E-state index contributed by atoms with van der Waals surface area (Å²) >= 11 is 0. The Labute approximate surface area is 156 Å². The molecule has 6 nitrogen and oxygen atoms in total. The average Bonchev–Trinajstić information content (AvgIpc) is 3.29. The highest BCUT2D eigenvalue weighted by molar-refractivity contribution is 5.96. The third-order valence-corrected chi connectivity index (χ3v) is 5.19. The first-order valence-electron chi connectivity index (χ1n) is 9.06. The van der Waals surface area contributed by atoms with Crippen LogP contribution in [0.4, 0.5) is 4.39 Å². The van der Waals surface area contributed by atoms with E-state index in [1.807, 2.05) is 4.90 Å². The lowest BCUT2D eigenvalue weighted by Crippen LogP contribution is -2.39. The number of hydrogen-bond donors (Lipinski definition) is 1. The van der Waals surface area contributed by atoms with Crippen LogP contribution in [0.15, 0.2) is 35.0 Å². The predicted molar refractivity (Wildman–Crippen MR) is 97.8 cm³/mol. The number of nitrogens with zero attached hydrogens (tertiary/aromatic N) is 3. The van der Waals surface area contributed by atoms with Crippen molar-refractivity contribution in [3.8, 4) is 11.1 Å². The SMILES string of the molecule is Cc1noc(C)c1C(=O)N1CCC[C@H](c2[nH]ncc2-c2ccc(F)cc2)C1. The van der Waals surface area contributed by atoms with Crippen LogP contribution in [0.2, 0.25) is 0 Å². The van der Waals surface area contributed by atoms with Crippen molar-refractivity contribution in [1.82, 2.24) is 20.3 Å². The number of nitrogens with one attached hydrogen (secondary N) is 1. The first-order chi connectivity index (χ1) is 13.0. The molecular formula is C20H21FN4O2. The van der Waals surface area contributed by atoms with Gasteiger partial charge in [0.25, 0.3) is 5.91 Å². The first-order valence-corrected chi connectivity index (χ1v) is 9.06. The molecule has 4 rings (SSSR count). The van der Waals surface area contributed by atoms with E-state index in [1.165, 1.54) is 12.1 Å². The number of hydrogen-bond acceptors (Lipinski definition) is 4. The molecular weight excluding hydrogens is 347 g/mol. The molecule has 0 spiro atoms. The number of H-pyrrole nitrogens is 1. The molecule has 3 aromatic rings. The smallest absolute Gasteiger partial charge is 0.259 e. The van der Waals surface area contributed by atoms with Gasteiger partial charge in [0.05, 0.1) is 11.9 Å². The van der Waals surface area contributed by atoms with E-state index in [9.17, 15) is 9.18 Å². The molecule has 0 radical (unpaired) electrons. The molecule has 0 bridgehead atoms. The van der Waals surface area contributed by atoms with E-state index in [0.717, 1.165) is 29.7 Å². The third kappa shape index (κ3) is 3.25. The zero-order chi connectivity index (χ0) is 19.0. The summed E-state index contributed by atoms with van der Waals surface area (Å²) in [6.07, 6.45) is 3.63. The fourth-order valence-electron chi connectivity index (χ4n) is 3.81. The van der Waals surface area contributed by atoms with E-state index in [-0.39, 0.29) is 17.6 Å². The Kier molecular flexibility index (Phi) is 4.51. The lowest BCUT2D eigenvalue weighted by atomic mass is 9.90. The van der Waals surface area contributed by atoms with Crippen LogP contribution in [0.3, 0.4) is 0 Å². The van der Waals surface area contributed by atoms with Gasteiger partial charge in [-0.05, 0) is 44.4 Å². The summed E-state index contributed by atoms with van der Waals surface area (Å²) < 4.78 is 18.4. The number of rotatable bonds is 3. The summed E-state index contributed by atoms with van der Waals surface area (Å²) in [6.45, 7) is 4.85. The molecule has 3 heterocycles. The molecule has 1 aliphatic rings. The highest BCUT2D eigenvalue weighted by atomic mass is 19.1. The van der Waals surface area contributed by atoms with Crippen LogP contribution < -0.4 is 0 Å². The van der Waals surface area contributed by atoms with Gasteiger partial charge < -0.3 is 9.42 Å². The molecule has 0 aliphatic carbocycles. The van der Waals surface area contributed by atoms with E-state index in [2.05, 4.69) is 15.4 Å². The number of carbonyl (C=O) groups is 1. The molecule has 0 unspecified atom stereocenters. The van der Waals surface area contributed by atoms with Crippen LogP contribution in [0.1, 0.15) is 46.3 Å². The van der Waals surface area contributed by atoms with Crippen molar-refractivity contribution in [2.75, 3.05) is 13.1 Å². The molecule has 1 amide bonds. The van der Waals surface area contributed by atoms with Crippen molar-refractivity contribution < 1.29 is 13.7 Å². The quantitative estimate of drug-likeness (QED) is 0.762. The number of benzene rings is 1. The minimum Gasteiger partial charge on any atom is -0.361 e. The number of amides is 1. The van der Waals surface area contributed by atoms with E-state index >= 15 is 0 Å². The Hall–Kier alpha value is -2.96. The molecule has 27 heavy (non-hydrogen) atoms. The second-order valence-electron chi connectivity index (χ2n) is 6.99. The Morgan fingerprint density at radius 1 is 1.30 bits per heavy atom. The molecule has 1 saturated heterocycles. The second kappa shape index (κ2) is 6.98. The Bertz CT molecular complexity index is 941. The lowest BCUT2D eigenvalue weighted by Gasteiger charge is -2.32. The number of piperidine rings is 1. The van der Waals surface area contributed by atoms with Gasteiger partial charge in [-0.25, -0.2) is 4.39 Å². The van der Waals surface area contributed by atoms with E-state index in [1.54, 1.807) is 32.2 Å². The Balaban J connectivity index is 1.59. The van der Waals surface area contributed by atoms with Gasteiger partial charge in [0.1, 0.15) is 17.1 Å². The molecule has 1 atom stereocenters. The van der Waals surface area contributed by atoms with E-state index in [4.69, 9.17) is 4.52 Å². The normalized spacial score (nSPS) is 17.3. The minimum atomic E-state index is -0.266. The van der Waals surface area contributed by atoms with Crippen LogP contribution in [0.5, 0.6) is 0 Å². The summed E-state index contributed by atoms with van der Waals surface area (Å²) in [5.41, 5.74) is 4.02. The van der Waals surface area contributed by atoms with Crippen LogP contribution >= 0.6 is 0 Å². The number of halogens is 1. The van der Waals surface area contributed by atoms with Gasteiger partial charge in [-0.3, -0.25) is 9.89 Å². The first kappa shape index (κ1) is 17.5. The van der Waals surface area contributed by atoms with Crippen molar-refractivity contribution >= 4 is 5.91 Å². The topological polar surface area (TPSA) is 75.0 Å². The van der Waals surface area contributed by atoms with Gasteiger partial charge in [-0.2, -0.15) is 5.10 Å². The largest absolute Gasteiger partial charge is 0.361 e. The predicted octanol–water partition coefficient (Wildman–Crippen LogP) is 3.84. The Morgan fingerprint density at radius 2 is 2.07 bits per heavy atom. The van der Waals surface area contributed by atoms with Crippen molar-refractivity contribution in [3.63, 3.8) is 0 Å². The monoisotopic (exact) mass is 368 g/mol. The molecule has 1 aliphatic heterocycles. The summed E-state index contributed by atoms with van der Waals surface area (Å²) in [6, 6.07) is 6.39. The summed E-state index contributed by atoms with van der Waals surface area (Å²) in [5, 5.41) is 11.2. The van der Waals surface area contributed by atoms with E-state index < -0.39 is 0 Å². The van der Waals surface area contributed by atoms with Crippen molar-refractivity contribution in [1.29, 1.82) is 0 Å². The third-order valence-electron chi connectivity index (χ3n) is 5.19. The molecule has 140 valence electrons. The van der Waals surface area contributed by atoms with Gasteiger partial charge >= 0.3 is 0 Å². The number of aromatic amines is 1. The van der Waals surface area contributed by atoms with Crippen LogP contribution in [-0.4, -0.2) is 39.3 Å². The zero-order valence-corrected chi connectivity index (χ0v) is 15.3. The van der Waals surface area contributed by atoms with Crippen LogP contribution in [0, 0.1) is 19.7 Å². The maximum atomic E-state index is 13.2. The molecule has 1 fully saturated rings. The van der Waals surface area contributed by atoms with Crippen LogP contribution in [-0.2, 0) is 0 Å². The maximum absolute atomic E-state index is 13.2. The van der Waals surface area contributed by atoms with E-state index in [0.29, 0.717) is 30.1 Å². The lowest BCUT2D eigenvalue weighted by molar-refractivity contribution is 0.0703. The van der Waals surface area contributed by atoms with Gasteiger partial charge in [0.15, 0.2) is 0 Å². The molecule has 7 heteroatoms. The summed E-state index contributed by atoms with van der Waals surface area (Å²) in [7, 11) is 0. The maximum Gasteiger partial charge on any atom is 0.259 e. The van der Waals surface area contributed by atoms with Crippen molar-refractivity contribution in [2.24, 2.45) is 0 Å². The summed E-state index contributed by atoms with van der Waals surface area (Å²) in [4.78, 5) is 14.8. The molecule has 1 N–H and O–H groups in total. The Morgan fingerprint density at radius 3 is 2.78 bits per heavy atom. The molecule has 1 aromatic carbocycles. The number of aryl methyl sites for hydroxylation is 2. The zero-order valence-electron chi connectivity index (χ0n) is 15.3. The molecule has 2 aromatic heterocycles. The van der Waals surface area contributed by atoms with Crippen LogP contribution in [0.25, 0.3) is 11.1 Å². The number of aromatic nitrogens is 3. The standard InChI is InChI=1S/C20H21FN4O2/c1-12-18(13(2)27-24-12)20(26)25-9-3-4-15(11-25)19-17(10-22-23-19)14-5-7-16(21)8-6-14/h5-8,10,15H,3-4,9,11H2,1-2H3,(H,22,23)/t15-/m0/s1. The second-order valence-corrected chi connectivity index (χ2v) is 6.99. The van der Waals surface area contributed by atoms with Gasteiger partial charge in [0.2, 0.25) is 0 Å². The highest BCUT2D eigenvalue weighted by Crippen LogP contribution is 2.33.